The molecule has 2 aromatic carbocycles. The maximum atomic E-state index is 12.7. The smallest absolute Gasteiger partial charge is 0.322 e. The minimum Gasteiger partial charge on any atom is -0.322 e. The van der Waals surface area contributed by atoms with E-state index in [0.717, 1.165) is 16.0 Å². The predicted molar refractivity (Wildman–Crippen MR) is 106 cm³/mol. The van der Waals surface area contributed by atoms with Crippen LogP contribution in [0.1, 0.15) is 6.42 Å². The minimum absolute atomic E-state index is 0.154. The quantitative estimate of drug-likeness (QED) is 0.762. The van der Waals surface area contributed by atoms with Gasteiger partial charge in [0, 0.05) is 24.3 Å². The summed E-state index contributed by atoms with van der Waals surface area (Å²) < 4.78 is 0. The molecule has 2 fully saturated rings. The van der Waals surface area contributed by atoms with Gasteiger partial charge in [0.25, 0.3) is 5.91 Å². The number of amides is 5. The Kier molecular flexibility index (Phi) is 4.47. The Balaban J connectivity index is 1.47. The van der Waals surface area contributed by atoms with Gasteiger partial charge >= 0.3 is 12.1 Å². The van der Waals surface area contributed by atoms with Crippen LogP contribution in [0.3, 0.4) is 0 Å². The van der Waals surface area contributed by atoms with E-state index in [0.29, 0.717) is 23.7 Å². The highest BCUT2D eigenvalue weighted by atomic mass is 35.5. The standard InChI is InChI=1S/C20H19ClN4O3/c1-24-17(26)20(23-19(24)28)8-9-25(12-20)18(27)22-16-7-3-5-14(11-16)13-4-2-6-15(21)10-13/h2-7,10-11H,8-9,12H2,1H3,(H,22,27)(H,23,28). The number of carbonyl (C=O) groups excluding carboxylic acids is 3. The van der Waals surface area contributed by atoms with Crippen molar-refractivity contribution < 1.29 is 14.4 Å². The van der Waals surface area contributed by atoms with E-state index in [1.165, 1.54) is 7.05 Å². The molecular weight excluding hydrogens is 380 g/mol. The Hall–Kier alpha value is -3.06. The summed E-state index contributed by atoms with van der Waals surface area (Å²) in [6.07, 6.45) is 0.401. The average Bonchev–Trinajstić information content (AvgIpc) is 3.20. The van der Waals surface area contributed by atoms with Crippen molar-refractivity contribution in [1.82, 2.24) is 15.1 Å². The molecule has 2 aliphatic rings. The van der Waals surface area contributed by atoms with Crippen LogP contribution in [0, 0.1) is 0 Å². The molecular formula is C20H19ClN4O3. The second-order valence-electron chi connectivity index (χ2n) is 7.07. The topological polar surface area (TPSA) is 81.8 Å². The number of anilines is 1. The van der Waals surface area contributed by atoms with E-state index in [4.69, 9.17) is 11.6 Å². The van der Waals surface area contributed by atoms with E-state index in [-0.39, 0.29) is 18.5 Å². The first-order valence-corrected chi connectivity index (χ1v) is 9.28. The van der Waals surface area contributed by atoms with Crippen LogP contribution in [0.4, 0.5) is 15.3 Å². The molecule has 4 rings (SSSR count). The second-order valence-corrected chi connectivity index (χ2v) is 7.51. The van der Waals surface area contributed by atoms with E-state index in [9.17, 15) is 14.4 Å². The molecule has 0 bridgehead atoms. The fraction of sp³-hybridized carbons (Fsp3) is 0.250. The summed E-state index contributed by atoms with van der Waals surface area (Å²) in [5, 5.41) is 6.23. The van der Waals surface area contributed by atoms with E-state index < -0.39 is 11.6 Å². The number of urea groups is 2. The molecule has 2 aromatic rings. The molecule has 8 heteroatoms. The number of likely N-dealkylation sites (N-methyl/N-ethyl adjacent to an activating group) is 1. The van der Waals surface area contributed by atoms with Crippen molar-refractivity contribution in [2.24, 2.45) is 0 Å². The van der Waals surface area contributed by atoms with E-state index in [2.05, 4.69) is 10.6 Å². The van der Waals surface area contributed by atoms with Gasteiger partial charge in [-0.3, -0.25) is 9.69 Å². The summed E-state index contributed by atoms with van der Waals surface area (Å²) in [6, 6.07) is 14.2. The number of benzene rings is 2. The Morgan fingerprint density at radius 1 is 1.14 bits per heavy atom. The Morgan fingerprint density at radius 2 is 1.86 bits per heavy atom. The van der Waals surface area contributed by atoms with Crippen LogP contribution in [-0.2, 0) is 4.79 Å². The zero-order chi connectivity index (χ0) is 19.9. The van der Waals surface area contributed by atoms with Gasteiger partial charge in [-0.05, 0) is 41.8 Å². The number of hydrogen-bond donors (Lipinski definition) is 2. The van der Waals surface area contributed by atoms with Crippen LogP contribution in [0.15, 0.2) is 48.5 Å². The number of nitrogens with zero attached hydrogens (tertiary/aromatic N) is 2. The molecule has 144 valence electrons. The first-order chi connectivity index (χ1) is 13.4. The number of halogens is 1. The summed E-state index contributed by atoms with van der Waals surface area (Å²) >= 11 is 6.06. The monoisotopic (exact) mass is 398 g/mol. The molecule has 28 heavy (non-hydrogen) atoms. The summed E-state index contributed by atoms with van der Waals surface area (Å²) in [4.78, 5) is 39.4. The fourth-order valence-electron chi connectivity index (χ4n) is 3.66. The molecule has 1 spiro atoms. The Morgan fingerprint density at radius 3 is 2.54 bits per heavy atom. The number of carbonyl (C=O) groups is 3. The molecule has 7 nitrogen and oxygen atoms in total. The van der Waals surface area contributed by atoms with Crippen molar-refractivity contribution in [2.75, 3.05) is 25.5 Å². The predicted octanol–water partition coefficient (Wildman–Crippen LogP) is 3.17. The number of rotatable bonds is 2. The van der Waals surface area contributed by atoms with Crippen molar-refractivity contribution in [2.45, 2.75) is 12.0 Å². The third kappa shape index (κ3) is 3.18. The highest BCUT2D eigenvalue weighted by Crippen LogP contribution is 2.29. The van der Waals surface area contributed by atoms with Gasteiger partial charge in [-0.15, -0.1) is 0 Å². The highest BCUT2D eigenvalue weighted by Gasteiger charge is 2.54. The van der Waals surface area contributed by atoms with Gasteiger partial charge in [0.1, 0.15) is 5.54 Å². The SMILES string of the molecule is CN1C(=O)NC2(CCN(C(=O)Nc3cccc(-c4cccc(Cl)c4)c3)C2)C1=O. The van der Waals surface area contributed by atoms with Crippen molar-refractivity contribution >= 4 is 35.3 Å². The fourth-order valence-corrected chi connectivity index (χ4v) is 3.85. The zero-order valence-corrected chi connectivity index (χ0v) is 16.0. The van der Waals surface area contributed by atoms with Crippen molar-refractivity contribution in [1.29, 1.82) is 0 Å². The van der Waals surface area contributed by atoms with E-state index >= 15 is 0 Å². The lowest BCUT2D eigenvalue weighted by atomic mass is 9.99. The molecule has 2 saturated heterocycles. The maximum Gasteiger partial charge on any atom is 0.324 e. The molecule has 1 atom stereocenters. The van der Waals surface area contributed by atoms with Crippen LogP contribution < -0.4 is 10.6 Å². The van der Waals surface area contributed by atoms with Gasteiger partial charge in [0.05, 0.1) is 6.54 Å². The van der Waals surface area contributed by atoms with E-state index in [1.54, 1.807) is 17.0 Å². The summed E-state index contributed by atoms with van der Waals surface area (Å²) in [7, 11) is 1.44. The summed E-state index contributed by atoms with van der Waals surface area (Å²) in [6.45, 7) is 0.543. The molecule has 2 aliphatic heterocycles. The zero-order valence-electron chi connectivity index (χ0n) is 15.2. The molecule has 0 saturated carbocycles. The minimum atomic E-state index is -1.01. The van der Waals surface area contributed by atoms with Crippen LogP contribution in [0.2, 0.25) is 5.02 Å². The first-order valence-electron chi connectivity index (χ1n) is 8.90. The third-order valence-corrected chi connectivity index (χ3v) is 5.43. The average molecular weight is 399 g/mol. The van der Waals surface area contributed by atoms with E-state index in [1.807, 2.05) is 36.4 Å². The lowest BCUT2D eigenvalue weighted by Gasteiger charge is -2.22. The summed E-state index contributed by atoms with van der Waals surface area (Å²) in [5.74, 6) is -0.296. The molecule has 0 radical (unpaired) electrons. The van der Waals surface area contributed by atoms with Gasteiger partial charge in [-0.25, -0.2) is 9.59 Å². The molecule has 2 N–H and O–H groups in total. The van der Waals surface area contributed by atoms with Crippen molar-refractivity contribution in [3.63, 3.8) is 0 Å². The number of imide groups is 1. The Bertz CT molecular complexity index is 979. The van der Waals surface area contributed by atoms with Crippen LogP contribution in [-0.4, -0.2) is 53.4 Å². The molecule has 2 heterocycles. The molecule has 5 amide bonds. The largest absolute Gasteiger partial charge is 0.324 e. The first kappa shape index (κ1) is 18.3. The lowest BCUT2D eigenvalue weighted by Crippen LogP contribution is -2.50. The lowest BCUT2D eigenvalue weighted by molar-refractivity contribution is -0.129. The van der Waals surface area contributed by atoms with Crippen molar-refractivity contribution in [3.05, 3.63) is 53.6 Å². The van der Waals surface area contributed by atoms with Gasteiger partial charge in [0.2, 0.25) is 0 Å². The molecule has 0 aliphatic carbocycles. The van der Waals surface area contributed by atoms with Gasteiger partial charge in [-0.1, -0.05) is 35.9 Å². The molecule has 1 unspecified atom stereocenters. The number of nitrogens with one attached hydrogen (secondary N) is 2. The van der Waals surface area contributed by atoms with Crippen LogP contribution in [0.5, 0.6) is 0 Å². The van der Waals surface area contributed by atoms with Gasteiger partial charge < -0.3 is 15.5 Å². The maximum absolute atomic E-state index is 12.7. The van der Waals surface area contributed by atoms with Gasteiger partial charge in [-0.2, -0.15) is 0 Å². The Labute approximate surface area is 167 Å². The normalized spacial score (nSPS) is 21.4. The number of likely N-dealkylation sites (tertiary alicyclic amines) is 1. The summed E-state index contributed by atoms with van der Waals surface area (Å²) in [5.41, 5.74) is 1.51. The van der Waals surface area contributed by atoms with Crippen LogP contribution >= 0.6 is 11.6 Å². The third-order valence-electron chi connectivity index (χ3n) is 5.19. The highest BCUT2D eigenvalue weighted by molar-refractivity contribution is 6.30. The second kappa shape index (κ2) is 6.83. The van der Waals surface area contributed by atoms with Gasteiger partial charge in [0.15, 0.2) is 0 Å². The van der Waals surface area contributed by atoms with Crippen LogP contribution in [0.25, 0.3) is 11.1 Å². The number of hydrogen-bond acceptors (Lipinski definition) is 3. The molecule has 0 aromatic heterocycles. The van der Waals surface area contributed by atoms with Crippen molar-refractivity contribution in [3.8, 4) is 11.1 Å².